The number of halogens is 6. The predicted molar refractivity (Wildman–Crippen MR) is 534 cm³/mol. The van der Waals surface area contributed by atoms with Gasteiger partial charge in [-0.3, -0.25) is 14.8 Å². The zero-order chi connectivity index (χ0) is 85.2. The Bertz CT molecular complexity index is 5640. The third-order valence-corrected chi connectivity index (χ3v) is 16.9. The number of furan rings is 1. The minimum absolute atomic E-state index is 0. The summed E-state index contributed by atoms with van der Waals surface area (Å²) < 4.78 is 95.5. The number of carbonyl (C=O) groups excluding carboxylic acids is 1. The van der Waals surface area contributed by atoms with E-state index in [0.29, 0.717) is 17.9 Å². The minimum atomic E-state index is -4.69. The minimum Gasteiger partial charge on any atom is -0.493 e. The standard InChI is InChI=1S/C17H12.2C15H14.C14H13NO.C10H9N.C9H9F3O2.C9H8O.C8H8O2.C7H6F3N.9CH4/c1-15-11-13-17(14-12-15)10-6-5-9-16-7-3-2-4-8-16;2*1-13-7-9-15(10-8-13)12-11-14-5-3-2-4-6-14;1-11-7-9-12(10-8-11)14(16)15-13-5-3-2-4-6-13;1-8-6-7-9-4-2-3-5-10(9)11-8;1-6-3-4-7(13-2)8(5-6)14-9(10,11)12;1-7-6-8-4-2-3-5-9(8)10-7;1-6-2-3-7-8(4-6)10-5-9-7;1-5-2-3-6(11-4-5)7(8,9)10;;;;;;;;;/h2-4,7-8,11-14H,1H3;2*2-12H,1H3;2-10H,1H3,(H,15,16);2-7H,1H3;3-5H,1-2H3;2-6H,1H3;2-4H,5H2,1H3;2-4H,1H3;9*1H4/b;12-11+;;;;;;;;;;;;;;;;. The molecular weight excluding hydrogens is 1610 g/mol. The van der Waals surface area contributed by atoms with Crippen molar-refractivity contribution < 1.29 is 54.5 Å². The molecule has 15 aromatic rings. The first-order valence-corrected chi connectivity index (χ1v) is 38.0. The number of hydrogen-bond donors (Lipinski definition) is 1. The second-order valence-corrected chi connectivity index (χ2v) is 27.0. The Balaban J connectivity index is 0. The number of carbonyl (C=O) groups is 1. The van der Waals surface area contributed by atoms with Crippen LogP contribution in [0, 0.1) is 86.0 Å². The van der Waals surface area contributed by atoms with Crippen LogP contribution < -0.4 is 24.3 Å². The monoisotopic (exact) mass is 1740 g/mol. The number of para-hydroxylation sites is 3. The fourth-order valence-corrected chi connectivity index (χ4v) is 10.6. The highest BCUT2D eigenvalue weighted by Crippen LogP contribution is 2.34. The Hall–Kier alpha value is -14.4. The van der Waals surface area contributed by atoms with Crippen LogP contribution in [0.1, 0.15) is 167 Å². The highest BCUT2D eigenvalue weighted by Gasteiger charge is 2.33. The van der Waals surface area contributed by atoms with E-state index in [1.165, 1.54) is 86.8 Å². The van der Waals surface area contributed by atoms with Crippen molar-refractivity contribution in [3.63, 3.8) is 0 Å². The molecule has 0 fully saturated rings. The number of nitrogens with zero attached hydrogens (tertiary/aromatic N) is 2. The molecule has 0 bridgehead atoms. The van der Waals surface area contributed by atoms with Crippen LogP contribution in [0.5, 0.6) is 23.0 Å². The molecule has 12 aromatic carbocycles. The molecule has 674 valence electrons. The summed E-state index contributed by atoms with van der Waals surface area (Å²) in [7, 11) is 1.29. The predicted octanol–water partition coefficient (Wildman–Crippen LogP) is 33.0. The van der Waals surface area contributed by atoms with Crippen LogP contribution in [0.25, 0.3) is 46.2 Å². The van der Waals surface area contributed by atoms with Crippen LogP contribution in [-0.4, -0.2) is 36.1 Å². The van der Waals surface area contributed by atoms with Gasteiger partial charge in [0, 0.05) is 45.0 Å². The van der Waals surface area contributed by atoms with E-state index in [9.17, 15) is 31.1 Å². The van der Waals surface area contributed by atoms with Crippen LogP contribution in [0.15, 0.2) is 344 Å². The van der Waals surface area contributed by atoms with Crippen molar-refractivity contribution in [1.29, 1.82) is 0 Å². The number of pyridine rings is 2. The van der Waals surface area contributed by atoms with Crippen molar-refractivity contribution in [2.75, 3.05) is 19.2 Å². The number of anilines is 1. The zero-order valence-electron chi connectivity index (χ0n) is 68.0. The van der Waals surface area contributed by atoms with E-state index < -0.39 is 18.2 Å². The van der Waals surface area contributed by atoms with E-state index in [4.69, 9.17) is 18.6 Å². The van der Waals surface area contributed by atoms with Crippen LogP contribution in [0.4, 0.5) is 32.0 Å². The molecule has 0 atom stereocenters. The number of fused-ring (bicyclic) bond motifs is 3. The molecule has 0 saturated carbocycles. The van der Waals surface area contributed by atoms with E-state index in [1.54, 1.807) is 19.9 Å². The van der Waals surface area contributed by atoms with E-state index in [2.05, 4.69) is 210 Å². The molecule has 3 aromatic heterocycles. The van der Waals surface area contributed by atoms with E-state index in [-0.39, 0.29) is 84.2 Å². The molecule has 1 N–H and O–H groups in total. The number of rotatable bonds is 8. The number of hydrogen-bond acceptors (Lipinski definition) is 8. The summed E-state index contributed by atoms with van der Waals surface area (Å²) in [5.74, 6) is 14.1. The number of alkyl halides is 6. The number of aromatic nitrogens is 2. The first-order chi connectivity index (χ1) is 57.3. The van der Waals surface area contributed by atoms with Gasteiger partial charge in [-0.1, -0.05) is 356 Å². The third kappa shape index (κ3) is 43.8. The maximum atomic E-state index is 11.9. The topological polar surface area (TPSA) is 105 Å². The molecular formula is C113H129F6N3O6. The van der Waals surface area contributed by atoms with Gasteiger partial charge in [0.25, 0.3) is 5.91 Å². The molecule has 128 heavy (non-hydrogen) atoms. The summed E-state index contributed by atoms with van der Waals surface area (Å²) >= 11 is 0. The van der Waals surface area contributed by atoms with Crippen LogP contribution in [-0.2, 0) is 6.18 Å². The largest absolute Gasteiger partial charge is 0.573 e. The summed E-state index contributed by atoms with van der Waals surface area (Å²) in [6.07, 6.45) is 0.705. The third-order valence-electron chi connectivity index (χ3n) is 16.9. The molecule has 15 heteroatoms. The van der Waals surface area contributed by atoms with Crippen LogP contribution in [0.2, 0.25) is 0 Å². The Morgan fingerprint density at radius 2 is 0.805 bits per heavy atom. The van der Waals surface area contributed by atoms with Crippen molar-refractivity contribution in [2.45, 2.75) is 142 Å². The number of aryl methyl sites for hydroxylation is 9. The molecule has 0 aliphatic carbocycles. The highest BCUT2D eigenvalue weighted by atomic mass is 19.4. The molecule has 0 radical (unpaired) electrons. The SMILES string of the molecule is C.C.C.C.C.C.C.C.C.COc1ccc(C)cc1OC(F)(F)F.Cc1cc2ccccc2o1.Cc1ccc(/C=C/c2ccccc2)cc1.Cc1ccc(C#CC#Cc2ccccc2)cc1.Cc1ccc(C(=O)Nc2ccccc2)cc1.Cc1ccc(C(F)(F)F)nc1.Cc1ccc(C=Cc2ccccc2)cc1.Cc1ccc2c(c1)OCO2.Cc1ccc2ccccc2n1. The van der Waals surface area contributed by atoms with E-state index in [1.807, 2.05) is 210 Å². The highest BCUT2D eigenvalue weighted by molar-refractivity contribution is 6.04. The van der Waals surface area contributed by atoms with Crippen LogP contribution in [0.3, 0.4) is 0 Å². The Morgan fingerprint density at radius 3 is 1.29 bits per heavy atom. The summed E-state index contributed by atoms with van der Waals surface area (Å²) in [4.78, 5) is 19.4. The maximum Gasteiger partial charge on any atom is 0.573 e. The van der Waals surface area contributed by atoms with Crippen molar-refractivity contribution in [3.05, 3.63) is 435 Å². The van der Waals surface area contributed by atoms with Crippen LogP contribution >= 0.6 is 0 Å². The first-order valence-electron chi connectivity index (χ1n) is 38.0. The van der Waals surface area contributed by atoms with Gasteiger partial charge in [-0.15, -0.1) is 13.2 Å². The van der Waals surface area contributed by atoms with Gasteiger partial charge in [0.1, 0.15) is 17.0 Å². The Morgan fingerprint density at radius 1 is 0.391 bits per heavy atom. The van der Waals surface area contributed by atoms with Crippen molar-refractivity contribution in [2.24, 2.45) is 0 Å². The number of amides is 1. The van der Waals surface area contributed by atoms with Gasteiger partial charge in [0.15, 0.2) is 23.0 Å². The summed E-state index contributed by atoms with van der Waals surface area (Å²) in [6, 6.07) is 108. The van der Waals surface area contributed by atoms with Crippen molar-refractivity contribution >= 4 is 57.8 Å². The first kappa shape index (κ1) is 116. The summed E-state index contributed by atoms with van der Waals surface area (Å²) in [5.41, 5.74) is 18.3. The molecule has 1 amide bonds. The zero-order valence-corrected chi connectivity index (χ0v) is 68.0. The quantitative estimate of drug-likeness (QED) is 0.0911. The molecule has 1 aliphatic rings. The van der Waals surface area contributed by atoms with Gasteiger partial charge in [0.05, 0.1) is 12.6 Å². The molecule has 1 aliphatic heterocycles. The summed E-state index contributed by atoms with van der Waals surface area (Å²) in [6.45, 7) is 18.0. The van der Waals surface area contributed by atoms with Gasteiger partial charge in [-0.2, -0.15) is 13.2 Å². The molecule has 4 heterocycles. The smallest absolute Gasteiger partial charge is 0.493 e. The fraction of sp³-hybridized carbons (Fsp3) is 0.195. The average molecular weight is 1740 g/mol. The lowest BCUT2D eigenvalue weighted by atomic mass is 10.1. The van der Waals surface area contributed by atoms with Crippen molar-refractivity contribution in [3.8, 4) is 46.7 Å². The van der Waals surface area contributed by atoms with E-state index in [0.717, 1.165) is 68.1 Å². The van der Waals surface area contributed by atoms with Gasteiger partial charge in [-0.05, 0) is 216 Å². The number of benzene rings is 12. The molecule has 16 rings (SSSR count). The molecule has 0 unspecified atom stereocenters. The number of ether oxygens (including phenoxy) is 4. The van der Waals surface area contributed by atoms with Gasteiger partial charge in [-0.25, -0.2) is 0 Å². The lowest BCUT2D eigenvalue weighted by Crippen LogP contribution is -2.17. The summed E-state index contributed by atoms with van der Waals surface area (Å²) in [5, 5.41) is 5.23. The lowest BCUT2D eigenvalue weighted by Gasteiger charge is -2.12. The fourth-order valence-electron chi connectivity index (χ4n) is 10.6. The second kappa shape index (κ2) is 61.0. The Labute approximate surface area is 760 Å². The molecule has 0 saturated heterocycles. The second-order valence-electron chi connectivity index (χ2n) is 27.0. The van der Waals surface area contributed by atoms with E-state index >= 15 is 0 Å². The molecule has 0 spiro atoms. The average Bonchev–Trinajstić information content (AvgIpc) is 1.67. The Kier molecular flexibility index (Phi) is 55.1. The number of methoxy groups -OCH3 is 1. The lowest BCUT2D eigenvalue weighted by molar-refractivity contribution is -0.275. The normalized spacial score (nSPS) is 9.88. The van der Waals surface area contributed by atoms with Gasteiger partial charge < -0.3 is 28.7 Å². The maximum absolute atomic E-state index is 11.9. The molecule has 9 nitrogen and oxygen atoms in total. The number of nitrogens with one attached hydrogen (secondary N) is 1. The van der Waals surface area contributed by atoms with Crippen molar-refractivity contribution in [1.82, 2.24) is 9.97 Å². The van der Waals surface area contributed by atoms with Gasteiger partial charge in [0.2, 0.25) is 6.79 Å². The van der Waals surface area contributed by atoms with Gasteiger partial charge >= 0.3 is 12.5 Å².